The van der Waals surface area contributed by atoms with E-state index >= 15 is 0 Å². The summed E-state index contributed by atoms with van der Waals surface area (Å²) in [5.41, 5.74) is -0.492. The number of hydrogen-bond acceptors (Lipinski definition) is 5. The molecule has 12 heteroatoms. The summed E-state index contributed by atoms with van der Waals surface area (Å²) in [5.74, 6) is -1.37. The first-order valence-corrected chi connectivity index (χ1v) is 10.1. The van der Waals surface area contributed by atoms with Gasteiger partial charge in [0.05, 0.1) is 23.7 Å². The first kappa shape index (κ1) is 22.5. The van der Waals surface area contributed by atoms with Gasteiger partial charge in [-0.25, -0.2) is 9.78 Å². The lowest BCUT2D eigenvalue weighted by atomic mass is 9.81. The number of nitrogens with one attached hydrogen (secondary N) is 2. The van der Waals surface area contributed by atoms with Crippen LogP contribution in [0.25, 0.3) is 0 Å². The van der Waals surface area contributed by atoms with E-state index in [9.17, 15) is 27.6 Å². The zero-order valence-electron chi connectivity index (χ0n) is 17.9. The molecular weight excluding hydrogens is 441 g/mol. The zero-order valence-corrected chi connectivity index (χ0v) is 17.9. The summed E-state index contributed by atoms with van der Waals surface area (Å²) >= 11 is 0. The highest BCUT2D eigenvalue weighted by atomic mass is 19.4. The number of amides is 4. The Morgan fingerprint density at radius 3 is 2.52 bits per heavy atom. The fraction of sp³-hybridized carbons (Fsp3) is 0.381. The van der Waals surface area contributed by atoms with E-state index in [0.717, 1.165) is 12.1 Å². The van der Waals surface area contributed by atoms with Crippen molar-refractivity contribution in [3.05, 3.63) is 47.4 Å². The molecule has 1 aromatic heterocycles. The van der Waals surface area contributed by atoms with E-state index in [1.807, 2.05) is 0 Å². The molecule has 1 atom stereocenters. The van der Waals surface area contributed by atoms with Gasteiger partial charge < -0.3 is 10.2 Å². The molecule has 174 valence electrons. The third-order valence-electron chi connectivity index (χ3n) is 5.97. The molecule has 0 bridgehead atoms. The van der Waals surface area contributed by atoms with Gasteiger partial charge in [-0.05, 0) is 37.1 Å². The topological polar surface area (TPSA) is 108 Å². The Bertz CT molecular complexity index is 1120. The molecule has 0 saturated carbocycles. The van der Waals surface area contributed by atoms with Gasteiger partial charge in [-0.1, -0.05) is 0 Å². The molecule has 3 heterocycles. The molecule has 2 aromatic rings. The predicted molar refractivity (Wildman–Crippen MR) is 112 cm³/mol. The van der Waals surface area contributed by atoms with E-state index in [1.54, 1.807) is 6.92 Å². The highest BCUT2D eigenvalue weighted by Gasteiger charge is 2.51. The molecule has 9 nitrogen and oxygen atoms in total. The van der Waals surface area contributed by atoms with Crippen molar-refractivity contribution >= 4 is 29.4 Å². The van der Waals surface area contributed by atoms with E-state index in [1.165, 1.54) is 35.3 Å². The SMILES string of the molecule is CNC(=O)C(=O)N1CCC2(C1)CN(C(=O)Nc1cnc(C)cn1)c1ccc(C(F)(F)F)cc12. The number of hydrogen-bond donors (Lipinski definition) is 2. The molecule has 0 aliphatic carbocycles. The van der Waals surface area contributed by atoms with Crippen molar-refractivity contribution < 1.29 is 27.6 Å². The third-order valence-corrected chi connectivity index (χ3v) is 5.97. The number of halogens is 3. The predicted octanol–water partition coefficient (Wildman–Crippen LogP) is 2.07. The van der Waals surface area contributed by atoms with Crippen LogP contribution in [-0.4, -0.2) is 59.4 Å². The van der Waals surface area contributed by atoms with Crippen LogP contribution in [0, 0.1) is 6.92 Å². The normalized spacial score (nSPS) is 19.5. The summed E-state index contributed by atoms with van der Waals surface area (Å²) in [7, 11) is 1.33. The van der Waals surface area contributed by atoms with Crippen molar-refractivity contribution in [1.82, 2.24) is 20.2 Å². The van der Waals surface area contributed by atoms with Gasteiger partial charge >= 0.3 is 24.0 Å². The first-order valence-electron chi connectivity index (χ1n) is 10.1. The van der Waals surface area contributed by atoms with E-state index in [0.29, 0.717) is 23.4 Å². The minimum absolute atomic E-state index is 0.0156. The largest absolute Gasteiger partial charge is 0.416 e. The average Bonchev–Trinajstić information content (AvgIpc) is 3.35. The quantitative estimate of drug-likeness (QED) is 0.631. The first-order chi connectivity index (χ1) is 15.5. The number of rotatable bonds is 1. The molecule has 1 spiro atoms. The second-order valence-corrected chi connectivity index (χ2v) is 8.13. The van der Waals surface area contributed by atoms with Crippen LogP contribution in [0.2, 0.25) is 0 Å². The molecule has 1 aromatic carbocycles. The molecule has 4 rings (SSSR count). The molecule has 0 radical (unpaired) electrons. The Labute approximate surface area is 187 Å². The fourth-order valence-corrected chi connectivity index (χ4v) is 4.31. The number of alkyl halides is 3. The van der Waals surface area contributed by atoms with Gasteiger partial charge in [0.2, 0.25) is 0 Å². The van der Waals surface area contributed by atoms with Gasteiger partial charge in [0.25, 0.3) is 0 Å². The Morgan fingerprint density at radius 2 is 1.88 bits per heavy atom. The maximum Gasteiger partial charge on any atom is 0.416 e. The minimum atomic E-state index is -4.57. The molecule has 4 amide bonds. The summed E-state index contributed by atoms with van der Waals surface area (Å²) in [6.07, 6.45) is -1.41. The van der Waals surface area contributed by atoms with Crippen molar-refractivity contribution in [2.24, 2.45) is 0 Å². The Hall–Kier alpha value is -3.70. The average molecular weight is 462 g/mol. The van der Waals surface area contributed by atoms with Crippen molar-refractivity contribution in [2.75, 3.05) is 36.9 Å². The lowest BCUT2D eigenvalue weighted by Crippen LogP contribution is -2.44. The number of carbonyl (C=O) groups is 3. The number of nitrogens with zero attached hydrogens (tertiary/aromatic N) is 4. The van der Waals surface area contributed by atoms with Gasteiger partial charge in [0.1, 0.15) is 0 Å². The van der Waals surface area contributed by atoms with Crippen LogP contribution in [0.4, 0.5) is 29.5 Å². The molecule has 1 saturated heterocycles. The maximum atomic E-state index is 13.4. The number of likely N-dealkylation sites (tertiary alicyclic amines) is 1. The van der Waals surface area contributed by atoms with Gasteiger partial charge in [-0.15, -0.1) is 0 Å². The highest BCUT2D eigenvalue weighted by Crippen LogP contribution is 2.48. The molecule has 2 N–H and O–H groups in total. The lowest BCUT2D eigenvalue weighted by Gasteiger charge is -2.25. The van der Waals surface area contributed by atoms with Crippen LogP contribution < -0.4 is 15.5 Å². The molecule has 1 fully saturated rings. The van der Waals surface area contributed by atoms with Gasteiger partial charge in [0, 0.05) is 37.8 Å². The van der Waals surface area contributed by atoms with Crippen LogP contribution in [0.3, 0.4) is 0 Å². The highest BCUT2D eigenvalue weighted by molar-refractivity contribution is 6.35. The summed E-state index contributed by atoms with van der Waals surface area (Å²) < 4.78 is 40.3. The maximum absolute atomic E-state index is 13.4. The lowest BCUT2D eigenvalue weighted by molar-refractivity contribution is -0.145. The minimum Gasteiger partial charge on any atom is -0.351 e. The number of aryl methyl sites for hydroxylation is 1. The van der Waals surface area contributed by atoms with Gasteiger partial charge in [0.15, 0.2) is 5.82 Å². The van der Waals surface area contributed by atoms with Crippen LogP contribution in [0.5, 0.6) is 0 Å². The van der Waals surface area contributed by atoms with Crippen LogP contribution in [-0.2, 0) is 21.2 Å². The second-order valence-electron chi connectivity index (χ2n) is 8.13. The van der Waals surface area contributed by atoms with E-state index in [4.69, 9.17) is 0 Å². The Balaban J connectivity index is 1.68. The summed E-state index contributed by atoms with van der Waals surface area (Å²) in [5, 5.41) is 4.87. The van der Waals surface area contributed by atoms with Crippen molar-refractivity contribution in [1.29, 1.82) is 0 Å². The zero-order chi connectivity index (χ0) is 24.0. The Morgan fingerprint density at radius 1 is 1.12 bits per heavy atom. The third kappa shape index (κ3) is 4.08. The molecule has 2 aliphatic rings. The standard InChI is InChI=1S/C21H21F3N6O3/c1-12-8-27-16(9-26-12)28-19(33)30-11-20(5-6-29(10-20)18(32)17(31)25-2)14-7-13(21(22,23)24)3-4-15(14)30/h3-4,7-9H,5-6,10-11H2,1-2H3,(H,25,31)(H,27,28,33). The number of urea groups is 1. The number of aromatic nitrogens is 2. The number of anilines is 2. The fourth-order valence-electron chi connectivity index (χ4n) is 4.31. The monoisotopic (exact) mass is 462 g/mol. The molecule has 33 heavy (non-hydrogen) atoms. The number of likely N-dealkylation sites (N-methyl/N-ethyl adjacent to an activating group) is 1. The second kappa shape index (κ2) is 8.01. The van der Waals surface area contributed by atoms with Gasteiger partial charge in [-0.3, -0.25) is 24.8 Å². The van der Waals surface area contributed by atoms with Crippen molar-refractivity contribution in [2.45, 2.75) is 24.9 Å². The van der Waals surface area contributed by atoms with Crippen LogP contribution >= 0.6 is 0 Å². The van der Waals surface area contributed by atoms with E-state index in [2.05, 4.69) is 20.6 Å². The van der Waals surface area contributed by atoms with E-state index in [-0.39, 0.29) is 25.5 Å². The smallest absolute Gasteiger partial charge is 0.351 e. The van der Waals surface area contributed by atoms with Gasteiger partial charge in [-0.2, -0.15) is 13.2 Å². The molecule has 2 aliphatic heterocycles. The van der Waals surface area contributed by atoms with Crippen LogP contribution in [0.1, 0.15) is 23.2 Å². The van der Waals surface area contributed by atoms with Crippen LogP contribution in [0.15, 0.2) is 30.6 Å². The number of fused-ring (bicyclic) bond motifs is 2. The number of carbonyl (C=O) groups excluding carboxylic acids is 3. The van der Waals surface area contributed by atoms with E-state index < -0.39 is 35.0 Å². The molecule has 1 unspecified atom stereocenters. The Kier molecular flexibility index (Phi) is 5.46. The summed E-state index contributed by atoms with van der Waals surface area (Å²) in [6.45, 7) is 1.98. The molecular formula is C21H21F3N6O3. The van der Waals surface area contributed by atoms with Crippen molar-refractivity contribution in [3.63, 3.8) is 0 Å². The van der Waals surface area contributed by atoms with Crippen molar-refractivity contribution in [3.8, 4) is 0 Å². The summed E-state index contributed by atoms with van der Waals surface area (Å²) in [6, 6.07) is 2.63. The summed E-state index contributed by atoms with van der Waals surface area (Å²) in [4.78, 5) is 48.0. The number of benzene rings is 1.